The minimum absolute atomic E-state index is 0.246. The molecule has 0 aliphatic heterocycles. The Hall–Kier alpha value is -2.54. The van der Waals surface area contributed by atoms with Crippen LogP contribution >= 0.6 is 22.9 Å². The van der Waals surface area contributed by atoms with Crippen LogP contribution in [0.3, 0.4) is 0 Å². The number of benzene rings is 1. The molecule has 7 heteroatoms. The van der Waals surface area contributed by atoms with Crippen LogP contribution in [0.5, 0.6) is 0 Å². The Morgan fingerprint density at radius 3 is 2.72 bits per heavy atom. The molecular formula is C22H22ClN5S. The molecule has 0 aliphatic carbocycles. The van der Waals surface area contributed by atoms with E-state index < -0.39 is 0 Å². The third kappa shape index (κ3) is 4.56. The highest BCUT2D eigenvalue weighted by atomic mass is 35.5. The molecule has 3 heterocycles. The predicted molar refractivity (Wildman–Crippen MR) is 123 cm³/mol. The largest absolute Gasteiger partial charge is 0.309 e. The van der Waals surface area contributed by atoms with Gasteiger partial charge in [-0.1, -0.05) is 18.2 Å². The third-order valence-corrected chi connectivity index (χ3v) is 5.72. The van der Waals surface area contributed by atoms with E-state index >= 15 is 0 Å². The van der Waals surface area contributed by atoms with Crippen molar-refractivity contribution >= 4 is 40.2 Å². The summed E-state index contributed by atoms with van der Waals surface area (Å²) in [6, 6.07) is 16.3. The fourth-order valence-corrected chi connectivity index (χ4v) is 4.22. The van der Waals surface area contributed by atoms with Gasteiger partial charge in [0.1, 0.15) is 5.65 Å². The van der Waals surface area contributed by atoms with Gasteiger partial charge in [-0.2, -0.15) is 4.98 Å². The van der Waals surface area contributed by atoms with Crippen molar-refractivity contribution in [2.75, 3.05) is 27.2 Å². The molecule has 0 radical (unpaired) electrons. The van der Waals surface area contributed by atoms with Gasteiger partial charge in [-0.05, 0) is 69.0 Å². The number of aromatic nitrogens is 3. The Morgan fingerprint density at radius 1 is 1.10 bits per heavy atom. The molecule has 0 N–H and O–H groups in total. The molecule has 0 atom stereocenters. The first-order valence-electron chi connectivity index (χ1n) is 9.46. The molecule has 0 bridgehead atoms. The number of fused-ring (bicyclic) bond motifs is 1. The zero-order valence-electron chi connectivity index (χ0n) is 16.4. The molecule has 0 amide bonds. The standard InChI is InChI=1S/C22H22ClN5S/c1-27(2)13-6-12-24-15-17-9-10-19(29-17)20-18-11-14-28(16-7-4-3-5-8-16)21(18)26-22(23)25-20/h3-5,7-11,14-15H,6,12-13H2,1-2H3. The number of para-hydroxylation sites is 1. The number of halogens is 1. The van der Waals surface area contributed by atoms with E-state index in [1.54, 1.807) is 11.3 Å². The first-order valence-corrected chi connectivity index (χ1v) is 10.7. The molecule has 4 aromatic rings. The second-order valence-corrected chi connectivity index (χ2v) is 8.45. The summed E-state index contributed by atoms with van der Waals surface area (Å²) in [7, 11) is 4.15. The molecule has 148 valence electrons. The molecule has 29 heavy (non-hydrogen) atoms. The molecule has 3 aromatic heterocycles. The maximum absolute atomic E-state index is 6.28. The van der Waals surface area contributed by atoms with E-state index in [1.165, 1.54) is 0 Å². The number of rotatable bonds is 7. The van der Waals surface area contributed by atoms with Gasteiger partial charge in [0.05, 0.1) is 10.6 Å². The lowest BCUT2D eigenvalue weighted by molar-refractivity contribution is 0.403. The molecule has 0 saturated heterocycles. The quantitative estimate of drug-likeness (QED) is 0.234. The zero-order valence-corrected chi connectivity index (χ0v) is 18.0. The monoisotopic (exact) mass is 423 g/mol. The molecule has 0 unspecified atom stereocenters. The summed E-state index contributed by atoms with van der Waals surface area (Å²) in [6.45, 7) is 1.87. The number of hydrogen-bond donors (Lipinski definition) is 0. The Labute approximate surface area is 179 Å². The number of hydrogen-bond acceptors (Lipinski definition) is 5. The van der Waals surface area contributed by atoms with Crippen LogP contribution in [0.1, 0.15) is 11.3 Å². The lowest BCUT2D eigenvalue weighted by atomic mass is 10.2. The number of aliphatic imine (C=N–C) groups is 1. The molecule has 4 rings (SSSR count). The Kier molecular flexibility index (Phi) is 6.04. The minimum atomic E-state index is 0.246. The first-order chi connectivity index (χ1) is 14.1. The van der Waals surface area contributed by atoms with E-state index in [-0.39, 0.29) is 5.28 Å². The second kappa shape index (κ2) is 8.86. The van der Waals surface area contributed by atoms with Gasteiger partial charge < -0.3 is 9.47 Å². The van der Waals surface area contributed by atoms with Gasteiger partial charge >= 0.3 is 0 Å². The van der Waals surface area contributed by atoms with Gasteiger partial charge in [-0.3, -0.25) is 4.99 Å². The Balaban J connectivity index is 1.63. The molecule has 0 aliphatic rings. The van der Waals surface area contributed by atoms with Crippen molar-refractivity contribution in [2.45, 2.75) is 6.42 Å². The van der Waals surface area contributed by atoms with E-state index in [0.717, 1.165) is 51.7 Å². The van der Waals surface area contributed by atoms with Crippen LogP contribution in [-0.2, 0) is 0 Å². The highest BCUT2D eigenvalue weighted by Gasteiger charge is 2.15. The third-order valence-electron chi connectivity index (χ3n) is 4.52. The molecule has 0 saturated carbocycles. The van der Waals surface area contributed by atoms with Crippen LogP contribution in [0, 0.1) is 0 Å². The van der Waals surface area contributed by atoms with Gasteiger partial charge in [-0.25, -0.2) is 4.98 Å². The number of thiophene rings is 1. The number of nitrogens with zero attached hydrogens (tertiary/aromatic N) is 5. The molecule has 0 spiro atoms. The first kappa shape index (κ1) is 19.8. The molecule has 5 nitrogen and oxygen atoms in total. The van der Waals surface area contributed by atoms with Gasteiger partial charge in [0.25, 0.3) is 0 Å². The van der Waals surface area contributed by atoms with Gasteiger partial charge in [-0.15, -0.1) is 11.3 Å². The summed E-state index contributed by atoms with van der Waals surface area (Å²) >= 11 is 7.94. The van der Waals surface area contributed by atoms with Crippen LogP contribution < -0.4 is 0 Å². The predicted octanol–water partition coefficient (Wildman–Crippen LogP) is 5.17. The van der Waals surface area contributed by atoms with E-state index in [1.807, 2.05) is 53.4 Å². The van der Waals surface area contributed by atoms with Crippen molar-refractivity contribution in [3.63, 3.8) is 0 Å². The zero-order chi connectivity index (χ0) is 20.2. The summed E-state index contributed by atoms with van der Waals surface area (Å²) < 4.78 is 2.03. The topological polar surface area (TPSA) is 46.3 Å². The maximum atomic E-state index is 6.28. The minimum Gasteiger partial charge on any atom is -0.309 e. The fraction of sp³-hybridized carbons (Fsp3) is 0.227. The summed E-state index contributed by atoms with van der Waals surface area (Å²) in [5.41, 5.74) is 2.70. The van der Waals surface area contributed by atoms with E-state index in [4.69, 9.17) is 11.6 Å². The highest BCUT2D eigenvalue weighted by molar-refractivity contribution is 7.17. The summed E-state index contributed by atoms with van der Waals surface area (Å²) in [6.07, 6.45) is 5.01. The molecule has 1 aromatic carbocycles. The van der Waals surface area contributed by atoms with E-state index in [0.29, 0.717) is 0 Å². The van der Waals surface area contributed by atoms with Crippen LogP contribution in [0.25, 0.3) is 27.3 Å². The lowest BCUT2D eigenvalue weighted by Crippen LogP contribution is -2.13. The maximum Gasteiger partial charge on any atom is 0.224 e. The molecular weight excluding hydrogens is 402 g/mol. The normalized spacial score (nSPS) is 11.9. The van der Waals surface area contributed by atoms with Crippen molar-refractivity contribution in [3.8, 4) is 16.3 Å². The molecule has 0 fully saturated rings. The highest BCUT2D eigenvalue weighted by Crippen LogP contribution is 2.33. The van der Waals surface area contributed by atoms with Crippen molar-refractivity contribution in [3.05, 3.63) is 64.9 Å². The summed E-state index contributed by atoms with van der Waals surface area (Å²) in [4.78, 5) is 17.9. The second-order valence-electron chi connectivity index (χ2n) is 6.99. The van der Waals surface area contributed by atoms with Gasteiger partial charge in [0.15, 0.2) is 0 Å². The van der Waals surface area contributed by atoms with Crippen molar-refractivity contribution in [1.29, 1.82) is 0 Å². The smallest absolute Gasteiger partial charge is 0.224 e. The van der Waals surface area contributed by atoms with Crippen molar-refractivity contribution in [1.82, 2.24) is 19.4 Å². The lowest BCUT2D eigenvalue weighted by Gasteiger charge is -2.06. The van der Waals surface area contributed by atoms with Crippen LogP contribution in [0.4, 0.5) is 0 Å². The summed E-state index contributed by atoms with van der Waals surface area (Å²) in [5.74, 6) is 0. The fourth-order valence-electron chi connectivity index (χ4n) is 3.15. The van der Waals surface area contributed by atoms with Crippen LogP contribution in [0.15, 0.2) is 59.7 Å². The average molecular weight is 424 g/mol. The van der Waals surface area contributed by atoms with Crippen molar-refractivity contribution in [2.24, 2.45) is 4.99 Å². The van der Waals surface area contributed by atoms with Crippen molar-refractivity contribution < 1.29 is 0 Å². The van der Waals surface area contributed by atoms with Gasteiger partial charge in [0, 0.05) is 34.9 Å². The Morgan fingerprint density at radius 2 is 1.93 bits per heavy atom. The van der Waals surface area contributed by atoms with E-state index in [2.05, 4.69) is 46.1 Å². The average Bonchev–Trinajstić information content (AvgIpc) is 3.34. The van der Waals surface area contributed by atoms with Crippen LogP contribution in [-0.4, -0.2) is 52.8 Å². The van der Waals surface area contributed by atoms with E-state index in [9.17, 15) is 0 Å². The SMILES string of the molecule is CN(C)CCCN=Cc1ccc(-c2nc(Cl)nc3c2ccn3-c2ccccc2)s1. The summed E-state index contributed by atoms with van der Waals surface area (Å²) in [5, 5.41) is 1.23. The van der Waals surface area contributed by atoms with Crippen LogP contribution in [0.2, 0.25) is 5.28 Å². The van der Waals surface area contributed by atoms with Gasteiger partial charge in [0.2, 0.25) is 5.28 Å². The Bertz CT molecular complexity index is 1130.